The van der Waals surface area contributed by atoms with Crippen molar-refractivity contribution in [3.63, 3.8) is 0 Å². The van der Waals surface area contributed by atoms with E-state index in [9.17, 15) is 37.5 Å². The van der Waals surface area contributed by atoms with Gasteiger partial charge in [0.05, 0.1) is 30.7 Å². The van der Waals surface area contributed by atoms with Crippen LogP contribution in [0.5, 0.6) is 5.75 Å². The predicted molar refractivity (Wildman–Crippen MR) is 182 cm³/mol. The van der Waals surface area contributed by atoms with Gasteiger partial charge in [-0.3, -0.25) is 24.1 Å². The molecule has 0 spiro atoms. The summed E-state index contributed by atoms with van der Waals surface area (Å²) in [6.07, 6.45) is 0.793. The van der Waals surface area contributed by atoms with Crippen LogP contribution in [-0.2, 0) is 23.9 Å². The fourth-order valence-electron chi connectivity index (χ4n) is 8.56. The zero-order chi connectivity index (χ0) is 37.9. The van der Waals surface area contributed by atoms with Crippen LogP contribution >= 0.6 is 34.8 Å². The number of phenols is 1. The quantitative estimate of drug-likeness (QED) is 0.0820. The second kappa shape index (κ2) is 12.4. The van der Waals surface area contributed by atoms with Crippen molar-refractivity contribution in [2.24, 2.45) is 17.8 Å². The number of aromatic hydroxyl groups is 1. The Bertz CT molecular complexity index is 2160. The van der Waals surface area contributed by atoms with Crippen LogP contribution in [0, 0.1) is 46.8 Å². The highest BCUT2D eigenvalue weighted by atomic mass is 35.5. The van der Waals surface area contributed by atoms with Crippen LogP contribution in [0.2, 0.25) is 5.02 Å². The second-order valence-electron chi connectivity index (χ2n) is 13.5. The molecule has 3 heterocycles. The molecule has 3 aliphatic heterocycles. The zero-order valence-electron chi connectivity index (χ0n) is 27.0. The molecule has 4 fully saturated rings. The molecule has 3 saturated heterocycles. The Kier molecular flexibility index (Phi) is 8.37. The molecule has 5 aliphatic rings. The van der Waals surface area contributed by atoms with Gasteiger partial charge in [-0.25, -0.2) is 26.9 Å². The first kappa shape index (κ1) is 35.8. The van der Waals surface area contributed by atoms with Crippen molar-refractivity contribution in [2.45, 2.75) is 28.5 Å². The number of nitrogens with zero attached hydrogens (tertiary/aromatic N) is 3. The second-order valence-corrected chi connectivity index (χ2v) is 15.2. The van der Waals surface area contributed by atoms with Crippen LogP contribution in [0.25, 0.3) is 0 Å². The zero-order valence-corrected chi connectivity index (χ0v) is 29.3. The summed E-state index contributed by atoms with van der Waals surface area (Å²) in [6, 6.07) is 10.4. The Hall–Kier alpha value is -4.24. The number of allylic oxidation sites excluding steroid dienone is 2. The van der Waals surface area contributed by atoms with E-state index in [1.54, 1.807) is 24.3 Å². The van der Waals surface area contributed by atoms with E-state index in [1.807, 2.05) is 0 Å². The Morgan fingerprint density at radius 2 is 1.36 bits per heavy atom. The number of benzene rings is 3. The van der Waals surface area contributed by atoms with Crippen LogP contribution in [-0.4, -0.2) is 64.8 Å². The first-order chi connectivity index (χ1) is 25.1. The fraction of sp³-hybridized carbons (Fsp3) is 0.333. The van der Waals surface area contributed by atoms with Gasteiger partial charge < -0.3 is 14.7 Å². The van der Waals surface area contributed by atoms with Crippen molar-refractivity contribution in [1.29, 1.82) is 0 Å². The SMILES string of the molecule is O=C1C2CC=C3C(CC4(Cl)C(=O)N(c5c(F)c(F)c(F)c(F)c5F)C(=O)C4(Cl)C3c3cc(Cl)ccc3O)C2C(=O)N1c1ccc(N2CCOCC2)cc1. The third-order valence-electron chi connectivity index (χ3n) is 11.0. The van der Waals surface area contributed by atoms with Gasteiger partial charge in [0.2, 0.25) is 17.6 Å². The van der Waals surface area contributed by atoms with E-state index in [2.05, 4.69) is 4.90 Å². The van der Waals surface area contributed by atoms with Gasteiger partial charge in [0, 0.05) is 35.3 Å². The number of fused-ring (bicyclic) bond motifs is 4. The molecule has 4 amide bonds. The number of carbonyl (C=O) groups is 4. The van der Waals surface area contributed by atoms with E-state index in [0.717, 1.165) is 16.7 Å². The van der Waals surface area contributed by atoms with Crippen molar-refractivity contribution >= 4 is 75.5 Å². The third kappa shape index (κ3) is 4.84. The standard InChI is InChI=1S/C36H25Cl3F5N3O6/c37-15-1-8-22(48)20(13-15)24-18-6-7-19-23(32(50)46(31(19)49)17-4-2-16(3-5-17)45-9-11-53-12-10-45)21(18)14-35(38)33(51)47(34(52)36(24,35)39)30-28(43)26(41)25(40)27(42)29(30)44/h1-6,8,13,19,21,23-24,48H,7,9-12,14H2. The lowest BCUT2D eigenvalue weighted by molar-refractivity contribution is -0.125. The Balaban J connectivity index is 1.25. The van der Waals surface area contributed by atoms with Crippen molar-refractivity contribution < 1.29 is 51.0 Å². The molecule has 3 aromatic rings. The molecular weight excluding hydrogens is 772 g/mol. The summed E-state index contributed by atoms with van der Waals surface area (Å²) < 4.78 is 78.9. The largest absolute Gasteiger partial charge is 0.508 e. The highest BCUT2D eigenvalue weighted by molar-refractivity contribution is 6.58. The molecule has 276 valence electrons. The van der Waals surface area contributed by atoms with E-state index >= 15 is 8.78 Å². The van der Waals surface area contributed by atoms with Gasteiger partial charge in [0.15, 0.2) is 33.0 Å². The van der Waals surface area contributed by atoms with Crippen molar-refractivity contribution in [2.75, 3.05) is 41.0 Å². The number of hydrogen-bond acceptors (Lipinski definition) is 7. The number of hydrogen-bond donors (Lipinski definition) is 1. The molecular formula is C36H25Cl3F5N3O6. The van der Waals surface area contributed by atoms with Gasteiger partial charge >= 0.3 is 0 Å². The monoisotopic (exact) mass is 795 g/mol. The van der Waals surface area contributed by atoms with Crippen LogP contribution in [0.3, 0.4) is 0 Å². The number of phenolic OH excluding ortho intramolecular Hbond substituents is 1. The van der Waals surface area contributed by atoms with Crippen LogP contribution in [0.4, 0.5) is 39.0 Å². The fourth-order valence-corrected chi connectivity index (χ4v) is 9.66. The van der Waals surface area contributed by atoms with Crippen LogP contribution in [0.15, 0.2) is 54.1 Å². The first-order valence-electron chi connectivity index (χ1n) is 16.4. The Morgan fingerprint density at radius 1 is 0.755 bits per heavy atom. The molecule has 2 aliphatic carbocycles. The number of ether oxygens (including phenoxy) is 1. The van der Waals surface area contributed by atoms with Crippen LogP contribution in [0.1, 0.15) is 24.3 Å². The number of rotatable bonds is 4. The molecule has 1 N–H and O–H groups in total. The average Bonchev–Trinajstić information content (AvgIpc) is 3.49. The summed E-state index contributed by atoms with van der Waals surface area (Å²) in [5.74, 6) is -22.4. The normalized spacial score (nSPS) is 29.7. The summed E-state index contributed by atoms with van der Waals surface area (Å²) in [7, 11) is 0. The molecule has 8 rings (SSSR count). The highest BCUT2D eigenvalue weighted by Crippen LogP contribution is 2.67. The maximum Gasteiger partial charge on any atom is 0.258 e. The smallest absolute Gasteiger partial charge is 0.258 e. The van der Waals surface area contributed by atoms with E-state index in [4.69, 9.17) is 39.5 Å². The Labute approximate surface area is 312 Å². The lowest BCUT2D eigenvalue weighted by Crippen LogP contribution is -2.60. The van der Waals surface area contributed by atoms with Crippen molar-refractivity contribution in [1.82, 2.24) is 0 Å². The topological polar surface area (TPSA) is 107 Å². The third-order valence-corrected chi connectivity index (χ3v) is 12.7. The molecule has 17 heteroatoms. The molecule has 1 saturated carbocycles. The summed E-state index contributed by atoms with van der Waals surface area (Å²) >= 11 is 20.5. The molecule has 53 heavy (non-hydrogen) atoms. The maximum absolute atomic E-state index is 15.2. The van der Waals surface area contributed by atoms with Crippen LogP contribution < -0.4 is 14.7 Å². The number of amides is 4. The lowest BCUT2D eigenvalue weighted by atomic mass is 9.56. The van der Waals surface area contributed by atoms with E-state index in [-0.39, 0.29) is 33.2 Å². The van der Waals surface area contributed by atoms with Gasteiger partial charge in [0.1, 0.15) is 11.4 Å². The minimum atomic E-state index is -2.79. The summed E-state index contributed by atoms with van der Waals surface area (Å²) in [4.78, 5) is 54.4. The number of imide groups is 2. The van der Waals surface area contributed by atoms with Gasteiger partial charge in [-0.05, 0) is 61.2 Å². The first-order valence-corrected chi connectivity index (χ1v) is 17.5. The van der Waals surface area contributed by atoms with E-state index < -0.39 is 104 Å². The Morgan fingerprint density at radius 3 is 2.00 bits per heavy atom. The lowest BCUT2D eigenvalue weighted by Gasteiger charge is -2.50. The maximum atomic E-state index is 15.2. The average molecular weight is 797 g/mol. The summed E-state index contributed by atoms with van der Waals surface area (Å²) in [6.45, 7) is 2.38. The minimum absolute atomic E-state index is 0.0156. The molecule has 0 bridgehead atoms. The number of morpholine rings is 1. The number of carbonyl (C=O) groups excluding carboxylic acids is 4. The number of alkyl halides is 2. The number of halogens is 8. The van der Waals surface area contributed by atoms with Crippen molar-refractivity contribution in [3.05, 3.63) is 93.8 Å². The van der Waals surface area contributed by atoms with E-state index in [0.29, 0.717) is 26.3 Å². The number of anilines is 3. The minimum Gasteiger partial charge on any atom is -0.508 e. The van der Waals surface area contributed by atoms with Gasteiger partial charge in [0.25, 0.3) is 11.8 Å². The molecule has 0 radical (unpaired) electrons. The summed E-state index contributed by atoms with van der Waals surface area (Å²) in [5.41, 5.74) is -0.779. The molecule has 6 unspecified atom stereocenters. The van der Waals surface area contributed by atoms with Gasteiger partial charge in [-0.15, -0.1) is 23.2 Å². The highest BCUT2D eigenvalue weighted by Gasteiger charge is 2.77. The van der Waals surface area contributed by atoms with Crippen molar-refractivity contribution in [3.8, 4) is 5.75 Å². The predicted octanol–water partition coefficient (Wildman–Crippen LogP) is 6.35. The van der Waals surface area contributed by atoms with E-state index in [1.165, 1.54) is 18.2 Å². The van der Waals surface area contributed by atoms with Gasteiger partial charge in [-0.1, -0.05) is 23.3 Å². The molecule has 9 nitrogen and oxygen atoms in total. The molecule has 0 aromatic heterocycles. The molecule has 3 aromatic carbocycles. The summed E-state index contributed by atoms with van der Waals surface area (Å²) in [5, 5.41) is 11.1. The molecule has 6 atom stereocenters. The van der Waals surface area contributed by atoms with Gasteiger partial charge in [-0.2, -0.15) is 0 Å².